The Morgan fingerprint density at radius 3 is 2.56 bits per heavy atom. The number of hydrogen-bond donors (Lipinski definition) is 1. The van der Waals surface area contributed by atoms with E-state index in [0.29, 0.717) is 18.7 Å². The van der Waals surface area contributed by atoms with Crippen molar-refractivity contribution in [3.8, 4) is 0 Å². The van der Waals surface area contributed by atoms with E-state index < -0.39 is 5.91 Å². The van der Waals surface area contributed by atoms with Crippen molar-refractivity contribution in [2.24, 2.45) is 5.73 Å². The summed E-state index contributed by atoms with van der Waals surface area (Å²) in [7, 11) is 2.03. The zero-order valence-electron chi connectivity index (χ0n) is 10.3. The minimum absolute atomic E-state index is 0.0759. The van der Waals surface area contributed by atoms with Crippen LogP contribution in [0.2, 0.25) is 0 Å². The number of piperazine rings is 1. The first kappa shape index (κ1) is 12.5. The van der Waals surface area contributed by atoms with Crippen molar-refractivity contribution >= 4 is 11.8 Å². The van der Waals surface area contributed by atoms with Crippen molar-refractivity contribution in [1.82, 2.24) is 14.8 Å². The molecule has 0 aromatic carbocycles. The first-order valence-electron chi connectivity index (χ1n) is 5.81. The molecule has 2 amide bonds. The monoisotopic (exact) mass is 248 g/mol. The van der Waals surface area contributed by atoms with E-state index in [1.165, 1.54) is 12.3 Å². The molecular formula is C12H16N4O2. The van der Waals surface area contributed by atoms with Gasteiger partial charge in [0.1, 0.15) is 5.69 Å². The Bertz CT molecular complexity index is 467. The molecule has 0 atom stereocenters. The Labute approximate surface area is 105 Å². The van der Waals surface area contributed by atoms with Crippen LogP contribution in [-0.4, -0.2) is 59.8 Å². The highest BCUT2D eigenvalue weighted by atomic mass is 16.2. The molecule has 1 fully saturated rings. The second-order valence-electron chi connectivity index (χ2n) is 4.39. The summed E-state index contributed by atoms with van der Waals surface area (Å²) in [6, 6.07) is 3.05. The summed E-state index contributed by atoms with van der Waals surface area (Å²) in [4.78, 5) is 31.0. The SMILES string of the molecule is CN1CCN(C(=O)c2ccnc(C(N)=O)c2)CC1. The fraction of sp³-hybridized carbons (Fsp3) is 0.417. The van der Waals surface area contributed by atoms with Gasteiger partial charge >= 0.3 is 0 Å². The smallest absolute Gasteiger partial charge is 0.267 e. The Morgan fingerprint density at radius 1 is 1.28 bits per heavy atom. The first-order valence-corrected chi connectivity index (χ1v) is 5.81. The van der Waals surface area contributed by atoms with Crippen LogP contribution in [-0.2, 0) is 0 Å². The third-order valence-electron chi connectivity index (χ3n) is 3.05. The third-order valence-corrected chi connectivity index (χ3v) is 3.05. The quantitative estimate of drug-likeness (QED) is 0.770. The molecule has 6 nitrogen and oxygen atoms in total. The van der Waals surface area contributed by atoms with Crippen LogP contribution in [0.3, 0.4) is 0 Å². The van der Waals surface area contributed by atoms with Gasteiger partial charge < -0.3 is 15.5 Å². The van der Waals surface area contributed by atoms with Crippen LogP contribution in [0.5, 0.6) is 0 Å². The van der Waals surface area contributed by atoms with Crippen LogP contribution in [0.15, 0.2) is 18.3 Å². The number of rotatable bonds is 2. The number of primary amides is 1. The van der Waals surface area contributed by atoms with Gasteiger partial charge in [0, 0.05) is 37.9 Å². The van der Waals surface area contributed by atoms with Gasteiger partial charge in [-0.2, -0.15) is 0 Å². The van der Waals surface area contributed by atoms with Gasteiger partial charge in [0.2, 0.25) is 0 Å². The van der Waals surface area contributed by atoms with Gasteiger partial charge in [-0.25, -0.2) is 0 Å². The zero-order valence-corrected chi connectivity index (χ0v) is 10.3. The van der Waals surface area contributed by atoms with Crippen molar-refractivity contribution in [3.63, 3.8) is 0 Å². The number of likely N-dealkylation sites (N-methyl/N-ethyl adjacent to an activating group) is 1. The summed E-state index contributed by atoms with van der Waals surface area (Å²) >= 11 is 0. The summed E-state index contributed by atoms with van der Waals surface area (Å²) in [6.45, 7) is 3.12. The largest absolute Gasteiger partial charge is 0.364 e. The minimum Gasteiger partial charge on any atom is -0.364 e. The molecule has 1 aliphatic rings. The Balaban J connectivity index is 2.13. The third kappa shape index (κ3) is 2.65. The molecule has 1 aliphatic heterocycles. The van der Waals surface area contributed by atoms with E-state index in [9.17, 15) is 9.59 Å². The second kappa shape index (κ2) is 5.14. The molecule has 96 valence electrons. The summed E-state index contributed by atoms with van der Waals surface area (Å²) in [6.07, 6.45) is 1.43. The lowest BCUT2D eigenvalue weighted by Crippen LogP contribution is -2.47. The van der Waals surface area contributed by atoms with Crippen LogP contribution >= 0.6 is 0 Å². The molecule has 0 unspecified atom stereocenters. The summed E-state index contributed by atoms with van der Waals surface area (Å²) in [5, 5.41) is 0. The van der Waals surface area contributed by atoms with Gasteiger partial charge in [-0.1, -0.05) is 0 Å². The zero-order chi connectivity index (χ0) is 13.1. The average molecular weight is 248 g/mol. The molecule has 1 aromatic heterocycles. The molecular weight excluding hydrogens is 232 g/mol. The Hall–Kier alpha value is -1.95. The van der Waals surface area contributed by atoms with Crippen molar-refractivity contribution < 1.29 is 9.59 Å². The highest BCUT2D eigenvalue weighted by Crippen LogP contribution is 2.08. The van der Waals surface area contributed by atoms with Gasteiger partial charge in [-0.05, 0) is 19.2 Å². The molecule has 2 heterocycles. The van der Waals surface area contributed by atoms with E-state index >= 15 is 0 Å². The molecule has 0 spiro atoms. The van der Waals surface area contributed by atoms with Crippen molar-refractivity contribution in [1.29, 1.82) is 0 Å². The number of carbonyl (C=O) groups excluding carboxylic acids is 2. The van der Waals surface area contributed by atoms with Crippen LogP contribution in [0.25, 0.3) is 0 Å². The van der Waals surface area contributed by atoms with Crippen molar-refractivity contribution in [3.05, 3.63) is 29.6 Å². The fourth-order valence-electron chi connectivity index (χ4n) is 1.89. The number of pyridine rings is 1. The number of hydrogen-bond acceptors (Lipinski definition) is 4. The Morgan fingerprint density at radius 2 is 1.94 bits per heavy atom. The number of nitrogens with two attached hydrogens (primary N) is 1. The predicted molar refractivity (Wildman–Crippen MR) is 66.2 cm³/mol. The van der Waals surface area contributed by atoms with Crippen LogP contribution < -0.4 is 5.73 Å². The second-order valence-corrected chi connectivity index (χ2v) is 4.39. The topological polar surface area (TPSA) is 79.5 Å². The maximum absolute atomic E-state index is 12.2. The molecule has 1 saturated heterocycles. The molecule has 6 heteroatoms. The van der Waals surface area contributed by atoms with E-state index in [-0.39, 0.29) is 11.6 Å². The maximum atomic E-state index is 12.2. The van der Waals surface area contributed by atoms with Crippen LogP contribution in [0.4, 0.5) is 0 Å². The molecule has 0 bridgehead atoms. The Kier molecular flexibility index (Phi) is 3.57. The van der Waals surface area contributed by atoms with E-state index in [1.807, 2.05) is 7.05 Å². The van der Waals surface area contributed by atoms with E-state index in [2.05, 4.69) is 9.88 Å². The fourth-order valence-corrected chi connectivity index (χ4v) is 1.89. The van der Waals surface area contributed by atoms with E-state index in [4.69, 9.17) is 5.73 Å². The summed E-state index contributed by atoms with van der Waals surface area (Å²) < 4.78 is 0. The van der Waals surface area contributed by atoms with Gasteiger partial charge in [0.15, 0.2) is 0 Å². The molecule has 2 rings (SSSR count). The van der Waals surface area contributed by atoms with Crippen LogP contribution in [0.1, 0.15) is 20.8 Å². The molecule has 18 heavy (non-hydrogen) atoms. The standard InChI is InChI=1S/C12H16N4O2/c1-15-4-6-16(7-5-15)12(18)9-2-3-14-10(8-9)11(13)17/h2-3,8H,4-7H2,1H3,(H2,13,17). The van der Waals surface area contributed by atoms with E-state index in [1.54, 1.807) is 11.0 Å². The summed E-state index contributed by atoms with van der Waals surface area (Å²) in [5.41, 5.74) is 5.73. The van der Waals surface area contributed by atoms with Gasteiger partial charge in [0.05, 0.1) is 0 Å². The van der Waals surface area contributed by atoms with Gasteiger partial charge in [-0.3, -0.25) is 14.6 Å². The average Bonchev–Trinajstić information content (AvgIpc) is 2.39. The lowest BCUT2D eigenvalue weighted by molar-refractivity contribution is 0.0664. The molecule has 0 saturated carbocycles. The molecule has 1 aromatic rings. The number of aromatic nitrogens is 1. The minimum atomic E-state index is -0.622. The highest BCUT2D eigenvalue weighted by molar-refractivity contribution is 5.98. The van der Waals surface area contributed by atoms with Gasteiger partial charge in [-0.15, -0.1) is 0 Å². The number of nitrogens with zero attached hydrogens (tertiary/aromatic N) is 3. The first-order chi connectivity index (χ1) is 8.58. The molecule has 0 radical (unpaired) electrons. The predicted octanol–water partition coefficient (Wildman–Crippen LogP) is -0.432. The van der Waals surface area contributed by atoms with Crippen molar-refractivity contribution in [2.45, 2.75) is 0 Å². The number of carbonyl (C=O) groups is 2. The summed E-state index contributed by atoms with van der Waals surface area (Å²) in [5.74, 6) is -0.698. The molecule has 2 N–H and O–H groups in total. The van der Waals surface area contributed by atoms with Crippen LogP contribution in [0, 0.1) is 0 Å². The number of amides is 2. The van der Waals surface area contributed by atoms with E-state index in [0.717, 1.165) is 13.1 Å². The lowest BCUT2D eigenvalue weighted by atomic mass is 10.2. The van der Waals surface area contributed by atoms with Crippen molar-refractivity contribution in [2.75, 3.05) is 33.2 Å². The molecule has 0 aliphatic carbocycles. The van der Waals surface area contributed by atoms with Gasteiger partial charge in [0.25, 0.3) is 11.8 Å². The lowest BCUT2D eigenvalue weighted by Gasteiger charge is -2.32. The normalized spacial score (nSPS) is 16.6. The maximum Gasteiger partial charge on any atom is 0.267 e. The highest BCUT2D eigenvalue weighted by Gasteiger charge is 2.20.